The van der Waals surface area contributed by atoms with E-state index < -0.39 is 6.04 Å². The standard InChI is InChI=1S/C24H35N3O3S/c1-17-7-4-5-13-27(17)24(30)21(25-22(28)20-10-6-16-31-20)18-11-14-26(15-12-18)23(29)19-8-2-3-9-19/h6,10,16-19,21H,2-5,7-9,11-15H2,1H3,(H,25,28)/t17-,21-/m1/s1. The quantitative estimate of drug-likeness (QED) is 0.752. The summed E-state index contributed by atoms with van der Waals surface area (Å²) in [6.07, 6.45) is 9.08. The zero-order valence-electron chi connectivity index (χ0n) is 18.6. The average Bonchev–Trinajstić information content (AvgIpc) is 3.51. The number of nitrogens with zero attached hydrogens (tertiary/aromatic N) is 2. The summed E-state index contributed by atoms with van der Waals surface area (Å²) >= 11 is 1.40. The summed E-state index contributed by atoms with van der Waals surface area (Å²) in [5.74, 6) is 0.450. The van der Waals surface area contributed by atoms with Crippen molar-refractivity contribution in [3.05, 3.63) is 22.4 Å². The highest BCUT2D eigenvalue weighted by Gasteiger charge is 2.39. The van der Waals surface area contributed by atoms with Crippen LogP contribution in [0.2, 0.25) is 0 Å². The topological polar surface area (TPSA) is 69.7 Å². The summed E-state index contributed by atoms with van der Waals surface area (Å²) < 4.78 is 0. The van der Waals surface area contributed by atoms with E-state index in [0.29, 0.717) is 23.9 Å². The van der Waals surface area contributed by atoms with Crippen molar-refractivity contribution in [1.29, 1.82) is 0 Å². The average molecular weight is 446 g/mol. The molecule has 4 rings (SSSR count). The fraction of sp³-hybridized carbons (Fsp3) is 0.708. The number of hydrogen-bond donors (Lipinski definition) is 1. The van der Waals surface area contributed by atoms with Crippen LogP contribution in [-0.2, 0) is 9.59 Å². The van der Waals surface area contributed by atoms with Gasteiger partial charge in [0.05, 0.1) is 4.88 Å². The van der Waals surface area contributed by atoms with E-state index in [9.17, 15) is 14.4 Å². The van der Waals surface area contributed by atoms with E-state index >= 15 is 0 Å². The van der Waals surface area contributed by atoms with Gasteiger partial charge in [-0.3, -0.25) is 14.4 Å². The zero-order valence-corrected chi connectivity index (χ0v) is 19.4. The number of piperidine rings is 2. The van der Waals surface area contributed by atoms with Crippen LogP contribution in [0.25, 0.3) is 0 Å². The first-order valence-electron chi connectivity index (χ1n) is 12.0. The zero-order chi connectivity index (χ0) is 21.8. The van der Waals surface area contributed by atoms with E-state index in [1.165, 1.54) is 11.3 Å². The molecule has 3 aliphatic rings. The fourth-order valence-electron chi connectivity index (χ4n) is 5.49. The maximum Gasteiger partial charge on any atom is 0.262 e. The smallest absolute Gasteiger partial charge is 0.262 e. The molecule has 31 heavy (non-hydrogen) atoms. The van der Waals surface area contributed by atoms with E-state index in [1.54, 1.807) is 6.07 Å². The highest BCUT2D eigenvalue weighted by Crippen LogP contribution is 2.30. The second-order valence-electron chi connectivity index (χ2n) is 9.45. The molecular weight excluding hydrogens is 410 g/mol. The molecule has 3 heterocycles. The van der Waals surface area contributed by atoms with E-state index in [-0.39, 0.29) is 29.7 Å². The second kappa shape index (κ2) is 10.2. The van der Waals surface area contributed by atoms with Crippen molar-refractivity contribution in [2.45, 2.75) is 76.8 Å². The minimum Gasteiger partial charge on any atom is -0.342 e. The summed E-state index contributed by atoms with van der Waals surface area (Å²) in [5.41, 5.74) is 0. The van der Waals surface area contributed by atoms with Gasteiger partial charge < -0.3 is 15.1 Å². The van der Waals surface area contributed by atoms with Crippen LogP contribution < -0.4 is 5.32 Å². The van der Waals surface area contributed by atoms with Crippen molar-refractivity contribution in [2.24, 2.45) is 11.8 Å². The lowest BCUT2D eigenvalue weighted by atomic mass is 9.87. The van der Waals surface area contributed by atoms with Crippen molar-refractivity contribution in [3.63, 3.8) is 0 Å². The van der Waals surface area contributed by atoms with Gasteiger partial charge in [-0.2, -0.15) is 0 Å². The normalized spacial score (nSPS) is 24.2. The van der Waals surface area contributed by atoms with Gasteiger partial charge in [-0.1, -0.05) is 18.9 Å². The SMILES string of the molecule is C[C@@H]1CCCCN1C(=O)[C@H](NC(=O)c1cccs1)C1CCN(C(=O)C2CCCC2)CC1. The number of likely N-dealkylation sites (tertiary alicyclic amines) is 2. The first-order valence-corrected chi connectivity index (χ1v) is 12.9. The molecule has 0 spiro atoms. The van der Waals surface area contributed by atoms with Crippen molar-refractivity contribution < 1.29 is 14.4 Å². The van der Waals surface area contributed by atoms with E-state index in [1.807, 2.05) is 21.2 Å². The number of rotatable bonds is 5. The number of nitrogens with one attached hydrogen (secondary N) is 1. The predicted octanol–water partition coefficient (Wildman–Crippen LogP) is 3.68. The van der Waals surface area contributed by atoms with E-state index in [4.69, 9.17) is 0 Å². The Kier molecular flexibility index (Phi) is 7.31. The first-order chi connectivity index (χ1) is 15.0. The Hall–Kier alpha value is -1.89. The van der Waals surface area contributed by atoms with Crippen molar-refractivity contribution in [3.8, 4) is 0 Å². The fourth-order valence-corrected chi connectivity index (χ4v) is 6.12. The first kappa shape index (κ1) is 22.3. The Morgan fingerprint density at radius 2 is 1.71 bits per heavy atom. The lowest BCUT2D eigenvalue weighted by Crippen LogP contribution is -2.57. The van der Waals surface area contributed by atoms with E-state index in [0.717, 1.165) is 64.3 Å². The summed E-state index contributed by atoms with van der Waals surface area (Å²) in [7, 11) is 0. The maximum absolute atomic E-state index is 13.6. The van der Waals surface area contributed by atoms with Crippen LogP contribution in [0, 0.1) is 11.8 Å². The highest BCUT2D eigenvalue weighted by atomic mass is 32.1. The van der Waals surface area contributed by atoms with Gasteiger partial charge in [0.25, 0.3) is 5.91 Å². The van der Waals surface area contributed by atoms with Crippen LogP contribution in [0.15, 0.2) is 17.5 Å². The molecular formula is C24H35N3O3S. The number of amides is 3. The third-order valence-electron chi connectivity index (χ3n) is 7.41. The van der Waals surface area contributed by atoms with Crippen molar-refractivity contribution in [1.82, 2.24) is 15.1 Å². The molecule has 6 nitrogen and oxygen atoms in total. The monoisotopic (exact) mass is 445 g/mol. The summed E-state index contributed by atoms with van der Waals surface area (Å²) in [6.45, 7) is 4.25. The largest absolute Gasteiger partial charge is 0.342 e. The van der Waals surface area contributed by atoms with Crippen LogP contribution in [0.3, 0.4) is 0 Å². The molecule has 0 radical (unpaired) electrons. The number of carbonyl (C=O) groups excluding carboxylic acids is 3. The highest BCUT2D eigenvalue weighted by molar-refractivity contribution is 7.12. The molecule has 2 saturated heterocycles. The van der Waals surface area contributed by atoms with Crippen LogP contribution in [0.5, 0.6) is 0 Å². The Bertz CT molecular complexity index is 767. The molecule has 3 fully saturated rings. The molecule has 1 N–H and O–H groups in total. The van der Waals surface area contributed by atoms with Crippen molar-refractivity contribution >= 4 is 29.1 Å². The Morgan fingerprint density at radius 1 is 1.00 bits per heavy atom. The lowest BCUT2D eigenvalue weighted by molar-refractivity contribution is -0.139. The Labute approximate surface area is 189 Å². The van der Waals surface area contributed by atoms with Crippen LogP contribution in [-0.4, -0.2) is 59.2 Å². The van der Waals surface area contributed by atoms with Gasteiger partial charge in [-0.15, -0.1) is 11.3 Å². The summed E-state index contributed by atoms with van der Waals surface area (Å²) in [4.78, 5) is 43.8. The van der Waals surface area contributed by atoms with Gasteiger partial charge in [0, 0.05) is 31.6 Å². The predicted molar refractivity (Wildman–Crippen MR) is 122 cm³/mol. The van der Waals surface area contributed by atoms with Gasteiger partial charge in [0.2, 0.25) is 11.8 Å². The molecule has 1 saturated carbocycles. The van der Waals surface area contributed by atoms with Crippen LogP contribution in [0.4, 0.5) is 0 Å². The molecule has 7 heteroatoms. The molecule has 0 bridgehead atoms. The molecule has 1 aliphatic carbocycles. The maximum atomic E-state index is 13.6. The molecule has 2 aliphatic heterocycles. The second-order valence-corrected chi connectivity index (χ2v) is 10.4. The minimum atomic E-state index is -0.515. The Balaban J connectivity index is 1.44. The molecule has 0 aromatic carbocycles. The lowest BCUT2D eigenvalue weighted by Gasteiger charge is -2.41. The number of thiophene rings is 1. The molecule has 170 valence electrons. The number of carbonyl (C=O) groups is 3. The van der Waals surface area contributed by atoms with Gasteiger partial charge in [-0.05, 0) is 69.2 Å². The van der Waals surface area contributed by atoms with Gasteiger partial charge in [0.15, 0.2) is 0 Å². The summed E-state index contributed by atoms with van der Waals surface area (Å²) in [6, 6.07) is 3.36. The summed E-state index contributed by atoms with van der Waals surface area (Å²) in [5, 5.41) is 4.96. The number of hydrogen-bond acceptors (Lipinski definition) is 4. The Morgan fingerprint density at radius 3 is 2.35 bits per heavy atom. The van der Waals surface area contributed by atoms with Gasteiger partial charge in [0.1, 0.15) is 6.04 Å². The van der Waals surface area contributed by atoms with Crippen LogP contribution >= 0.6 is 11.3 Å². The molecule has 3 amide bonds. The third kappa shape index (κ3) is 5.13. The van der Waals surface area contributed by atoms with Crippen LogP contribution in [0.1, 0.15) is 74.4 Å². The third-order valence-corrected chi connectivity index (χ3v) is 8.28. The molecule has 2 atom stereocenters. The van der Waals surface area contributed by atoms with E-state index in [2.05, 4.69) is 12.2 Å². The van der Waals surface area contributed by atoms with Gasteiger partial charge in [-0.25, -0.2) is 0 Å². The van der Waals surface area contributed by atoms with Gasteiger partial charge >= 0.3 is 0 Å². The molecule has 1 aromatic rings. The minimum absolute atomic E-state index is 0.0534. The molecule has 1 aromatic heterocycles. The molecule has 0 unspecified atom stereocenters. The van der Waals surface area contributed by atoms with Crippen molar-refractivity contribution in [2.75, 3.05) is 19.6 Å².